The normalized spacial score (nSPS) is 26.1. The molecular weight excluding hydrogens is 136 g/mol. The van der Waals surface area contributed by atoms with Crippen molar-refractivity contribution in [3.05, 3.63) is 0 Å². The maximum Gasteiger partial charge on any atom is 0.246 e. The first-order valence-electron chi connectivity index (χ1n) is 2.96. The number of carbonyl (C=O) groups excluding carboxylic acids is 1. The quantitative estimate of drug-likeness (QED) is 0.308. The molecule has 1 rings (SSSR count). The van der Waals surface area contributed by atoms with Crippen molar-refractivity contribution in [3.63, 3.8) is 0 Å². The van der Waals surface area contributed by atoms with E-state index in [2.05, 4.69) is 5.43 Å². The summed E-state index contributed by atoms with van der Waals surface area (Å²) >= 11 is 1.68. The minimum atomic E-state index is -0.0301. The van der Waals surface area contributed by atoms with Crippen LogP contribution in [0.3, 0.4) is 0 Å². The van der Waals surface area contributed by atoms with Gasteiger partial charge in [-0.2, -0.15) is 0 Å². The Labute approximate surface area is 58.3 Å². The van der Waals surface area contributed by atoms with Crippen LogP contribution in [-0.2, 0) is 4.79 Å². The first-order valence-corrected chi connectivity index (χ1v) is 4.01. The van der Waals surface area contributed by atoms with Gasteiger partial charge in [0.2, 0.25) is 5.91 Å². The van der Waals surface area contributed by atoms with Crippen LogP contribution in [0.1, 0.15) is 12.8 Å². The zero-order valence-corrected chi connectivity index (χ0v) is 5.91. The number of nitrogens with one attached hydrogen (secondary N) is 1. The van der Waals surface area contributed by atoms with E-state index in [0.29, 0.717) is 0 Å². The molecule has 9 heavy (non-hydrogen) atoms. The molecule has 3 N–H and O–H groups in total. The van der Waals surface area contributed by atoms with Gasteiger partial charge in [0.05, 0.1) is 5.25 Å². The van der Waals surface area contributed by atoms with E-state index in [1.807, 2.05) is 0 Å². The molecule has 1 saturated heterocycles. The van der Waals surface area contributed by atoms with E-state index in [-0.39, 0.29) is 11.2 Å². The highest BCUT2D eigenvalue weighted by Gasteiger charge is 2.21. The summed E-state index contributed by atoms with van der Waals surface area (Å²) in [6.07, 6.45) is 2.12. The van der Waals surface area contributed by atoms with Gasteiger partial charge in [-0.25, -0.2) is 5.84 Å². The lowest BCUT2D eigenvalue weighted by molar-refractivity contribution is -0.120. The first kappa shape index (κ1) is 6.89. The summed E-state index contributed by atoms with van der Waals surface area (Å²) in [4.78, 5) is 10.8. The maximum absolute atomic E-state index is 10.8. The second-order valence-electron chi connectivity index (χ2n) is 2.01. The van der Waals surface area contributed by atoms with Gasteiger partial charge in [0, 0.05) is 0 Å². The summed E-state index contributed by atoms with van der Waals surface area (Å²) in [5, 5.41) is 0.120. The number of hydrogen-bond acceptors (Lipinski definition) is 3. The second kappa shape index (κ2) is 3.08. The van der Waals surface area contributed by atoms with Crippen molar-refractivity contribution in [2.24, 2.45) is 5.84 Å². The molecule has 1 heterocycles. The fraction of sp³-hybridized carbons (Fsp3) is 0.800. The summed E-state index contributed by atoms with van der Waals surface area (Å²) in [7, 11) is 0. The van der Waals surface area contributed by atoms with E-state index in [4.69, 9.17) is 5.84 Å². The Kier molecular flexibility index (Phi) is 2.36. The Morgan fingerprint density at radius 1 is 1.78 bits per heavy atom. The van der Waals surface area contributed by atoms with Crippen LogP contribution >= 0.6 is 11.8 Å². The Hall–Kier alpha value is -0.220. The highest BCUT2D eigenvalue weighted by atomic mass is 32.2. The van der Waals surface area contributed by atoms with E-state index in [1.54, 1.807) is 11.8 Å². The minimum Gasteiger partial charge on any atom is -0.293 e. The lowest BCUT2D eigenvalue weighted by Crippen LogP contribution is -2.36. The molecule has 0 spiro atoms. The summed E-state index contributed by atoms with van der Waals surface area (Å²) in [5.41, 5.74) is 2.15. The van der Waals surface area contributed by atoms with Gasteiger partial charge < -0.3 is 0 Å². The van der Waals surface area contributed by atoms with Crippen molar-refractivity contribution in [3.8, 4) is 0 Å². The number of amides is 1. The first-order chi connectivity index (χ1) is 4.34. The molecule has 0 aromatic rings. The molecule has 0 saturated carbocycles. The summed E-state index contributed by atoms with van der Waals surface area (Å²) < 4.78 is 0. The smallest absolute Gasteiger partial charge is 0.246 e. The molecule has 0 aromatic heterocycles. The topological polar surface area (TPSA) is 55.1 Å². The number of hydrazine groups is 1. The number of carbonyl (C=O) groups is 1. The summed E-state index contributed by atoms with van der Waals surface area (Å²) in [5.74, 6) is 6.00. The standard InChI is InChI=1S/C5H10N2OS/c6-7-5(8)4-2-1-3-9-4/h4H,1-3,6H2,(H,7,8)/t4-/m0/s1. The molecule has 52 valence electrons. The third kappa shape index (κ3) is 1.59. The van der Waals surface area contributed by atoms with Gasteiger partial charge in [-0.05, 0) is 18.6 Å². The van der Waals surface area contributed by atoms with Crippen LogP contribution in [0.2, 0.25) is 0 Å². The van der Waals surface area contributed by atoms with Crippen molar-refractivity contribution in [1.82, 2.24) is 5.43 Å². The molecule has 0 unspecified atom stereocenters. The van der Waals surface area contributed by atoms with Gasteiger partial charge in [0.15, 0.2) is 0 Å². The van der Waals surface area contributed by atoms with E-state index < -0.39 is 0 Å². The van der Waals surface area contributed by atoms with Crippen molar-refractivity contribution >= 4 is 17.7 Å². The van der Waals surface area contributed by atoms with Crippen LogP contribution < -0.4 is 11.3 Å². The van der Waals surface area contributed by atoms with Crippen LogP contribution in [0, 0.1) is 0 Å². The van der Waals surface area contributed by atoms with E-state index in [0.717, 1.165) is 18.6 Å². The van der Waals surface area contributed by atoms with E-state index in [9.17, 15) is 4.79 Å². The molecule has 0 radical (unpaired) electrons. The fourth-order valence-electron chi connectivity index (χ4n) is 0.877. The SMILES string of the molecule is NNC(=O)[C@@H]1CCCS1. The van der Waals surface area contributed by atoms with Crippen LogP contribution in [-0.4, -0.2) is 16.9 Å². The van der Waals surface area contributed by atoms with Crippen LogP contribution in [0.25, 0.3) is 0 Å². The third-order valence-corrected chi connectivity index (χ3v) is 2.74. The lowest BCUT2D eigenvalue weighted by atomic mass is 10.2. The van der Waals surface area contributed by atoms with E-state index in [1.165, 1.54) is 0 Å². The molecule has 0 aromatic carbocycles. The van der Waals surface area contributed by atoms with Crippen LogP contribution in [0.4, 0.5) is 0 Å². The monoisotopic (exact) mass is 146 g/mol. The van der Waals surface area contributed by atoms with E-state index >= 15 is 0 Å². The fourth-order valence-corrected chi connectivity index (χ4v) is 2.05. The predicted molar refractivity (Wildman–Crippen MR) is 37.8 cm³/mol. The highest BCUT2D eigenvalue weighted by Crippen LogP contribution is 2.25. The van der Waals surface area contributed by atoms with Crippen LogP contribution in [0.15, 0.2) is 0 Å². The Morgan fingerprint density at radius 3 is 3.00 bits per heavy atom. The van der Waals surface area contributed by atoms with Gasteiger partial charge in [0.1, 0.15) is 0 Å². The summed E-state index contributed by atoms with van der Waals surface area (Å²) in [6, 6.07) is 0. The zero-order valence-electron chi connectivity index (χ0n) is 5.09. The molecule has 4 heteroatoms. The Balaban J connectivity index is 2.32. The van der Waals surface area contributed by atoms with Crippen LogP contribution in [0.5, 0.6) is 0 Å². The molecule has 1 aliphatic heterocycles. The number of thioether (sulfide) groups is 1. The van der Waals surface area contributed by atoms with Gasteiger partial charge in [-0.1, -0.05) is 0 Å². The Bertz CT molecular complexity index is 112. The maximum atomic E-state index is 10.8. The highest BCUT2D eigenvalue weighted by molar-refractivity contribution is 8.00. The molecule has 1 fully saturated rings. The molecular formula is C5H10N2OS. The number of rotatable bonds is 1. The lowest BCUT2D eigenvalue weighted by Gasteiger charge is -2.03. The Morgan fingerprint density at radius 2 is 2.56 bits per heavy atom. The second-order valence-corrected chi connectivity index (χ2v) is 3.32. The minimum absolute atomic E-state index is 0.0301. The molecule has 0 bridgehead atoms. The zero-order chi connectivity index (χ0) is 6.69. The number of hydrogen-bond donors (Lipinski definition) is 2. The third-order valence-electron chi connectivity index (χ3n) is 1.36. The average molecular weight is 146 g/mol. The molecule has 1 aliphatic rings. The molecule has 1 amide bonds. The van der Waals surface area contributed by atoms with Gasteiger partial charge in [-0.15, -0.1) is 11.8 Å². The van der Waals surface area contributed by atoms with Crippen molar-refractivity contribution < 1.29 is 4.79 Å². The average Bonchev–Trinajstić information content (AvgIpc) is 2.37. The molecule has 1 atom stereocenters. The van der Waals surface area contributed by atoms with Crippen molar-refractivity contribution in [2.45, 2.75) is 18.1 Å². The molecule has 0 aliphatic carbocycles. The van der Waals surface area contributed by atoms with Crippen molar-refractivity contribution in [1.29, 1.82) is 0 Å². The number of nitrogens with two attached hydrogens (primary N) is 1. The largest absolute Gasteiger partial charge is 0.293 e. The van der Waals surface area contributed by atoms with Crippen molar-refractivity contribution in [2.75, 3.05) is 5.75 Å². The predicted octanol–water partition coefficient (Wildman–Crippen LogP) is -0.128. The van der Waals surface area contributed by atoms with Gasteiger partial charge in [0.25, 0.3) is 0 Å². The molecule has 3 nitrogen and oxygen atoms in total. The van der Waals surface area contributed by atoms with Gasteiger partial charge in [-0.3, -0.25) is 10.2 Å². The summed E-state index contributed by atoms with van der Waals surface area (Å²) in [6.45, 7) is 0. The van der Waals surface area contributed by atoms with Gasteiger partial charge >= 0.3 is 0 Å².